The van der Waals surface area contributed by atoms with Crippen molar-refractivity contribution in [3.63, 3.8) is 0 Å². The van der Waals surface area contributed by atoms with E-state index in [0.29, 0.717) is 11.7 Å². The van der Waals surface area contributed by atoms with E-state index in [4.69, 9.17) is 0 Å². The fourth-order valence-electron chi connectivity index (χ4n) is 6.67. The van der Waals surface area contributed by atoms with Crippen LogP contribution in [-0.4, -0.2) is 5.78 Å². The standard InChI is InChI=1S/C18H28O/c1-11-6-15-8-13(11)10-18(15,3)16(19)17(2)9-12-4-5-14(17)7-12/h11-15H,4-10H2,1-3H3. The fourth-order valence-corrected chi connectivity index (χ4v) is 6.67. The number of carbonyl (C=O) groups excluding carboxylic acids is 1. The Bertz CT molecular complexity index is 425. The molecule has 7 atom stereocenters. The molecule has 4 aliphatic carbocycles. The van der Waals surface area contributed by atoms with E-state index in [0.717, 1.165) is 23.7 Å². The van der Waals surface area contributed by atoms with E-state index >= 15 is 0 Å². The van der Waals surface area contributed by atoms with Gasteiger partial charge in [0, 0.05) is 10.8 Å². The maximum atomic E-state index is 13.4. The number of carbonyl (C=O) groups is 1. The molecule has 4 saturated carbocycles. The molecule has 7 unspecified atom stereocenters. The molecule has 0 aromatic heterocycles. The second kappa shape index (κ2) is 3.65. The molecule has 106 valence electrons. The van der Waals surface area contributed by atoms with E-state index in [1.54, 1.807) is 0 Å². The van der Waals surface area contributed by atoms with Crippen LogP contribution < -0.4 is 0 Å². The van der Waals surface area contributed by atoms with Crippen LogP contribution in [0.3, 0.4) is 0 Å². The Labute approximate surface area is 117 Å². The first-order valence-corrected chi connectivity index (χ1v) is 8.48. The van der Waals surface area contributed by atoms with Crippen LogP contribution in [0, 0.1) is 40.4 Å². The van der Waals surface area contributed by atoms with Crippen LogP contribution in [0.2, 0.25) is 0 Å². The highest BCUT2D eigenvalue weighted by Gasteiger charge is 2.62. The van der Waals surface area contributed by atoms with Gasteiger partial charge in [-0.1, -0.05) is 27.2 Å². The van der Waals surface area contributed by atoms with Crippen LogP contribution in [0.15, 0.2) is 0 Å². The zero-order chi connectivity index (χ0) is 13.4. The first-order valence-electron chi connectivity index (χ1n) is 8.48. The minimum atomic E-state index is 0.0381. The van der Waals surface area contributed by atoms with Gasteiger partial charge in [0.1, 0.15) is 5.78 Å². The molecule has 19 heavy (non-hydrogen) atoms. The third-order valence-electron chi connectivity index (χ3n) is 7.83. The number of hydrogen-bond acceptors (Lipinski definition) is 1. The van der Waals surface area contributed by atoms with Crippen LogP contribution in [0.1, 0.15) is 65.7 Å². The SMILES string of the molecule is CC1CC2CC1CC2(C)C(=O)C1(C)CC2CCC1C2. The molecule has 1 heteroatoms. The first kappa shape index (κ1) is 12.4. The summed E-state index contributed by atoms with van der Waals surface area (Å²) in [6.45, 7) is 7.04. The Hall–Kier alpha value is -0.330. The molecule has 0 saturated heterocycles. The van der Waals surface area contributed by atoms with Gasteiger partial charge in [0.15, 0.2) is 0 Å². The van der Waals surface area contributed by atoms with E-state index in [9.17, 15) is 4.79 Å². The smallest absolute Gasteiger partial charge is 0.145 e. The van der Waals surface area contributed by atoms with Crippen LogP contribution in [-0.2, 0) is 4.79 Å². The molecule has 4 aliphatic rings. The Balaban J connectivity index is 1.61. The summed E-state index contributed by atoms with van der Waals surface area (Å²) < 4.78 is 0. The highest BCUT2D eigenvalue weighted by Crippen LogP contribution is 2.64. The summed E-state index contributed by atoms with van der Waals surface area (Å²) in [5, 5.41) is 0. The zero-order valence-electron chi connectivity index (χ0n) is 12.7. The summed E-state index contributed by atoms with van der Waals surface area (Å²) in [7, 11) is 0. The molecule has 1 nitrogen and oxygen atoms in total. The number of rotatable bonds is 2. The molecule has 0 aromatic rings. The Morgan fingerprint density at radius 3 is 2.16 bits per heavy atom. The lowest BCUT2D eigenvalue weighted by atomic mass is 9.59. The van der Waals surface area contributed by atoms with Gasteiger partial charge in [0.05, 0.1) is 0 Å². The Kier molecular flexibility index (Phi) is 2.39. The maximum absolute atomic E-state index is 13.4. The van der Waals surface area contributed by atoms with E-state index in [2.05, 4.69) is 20.8 Å². The van der Waals surface area contributed by atoms with Gasteiger partial charge in [-0.15, -0.1) is 0 Å². The third-order valence-corrected chi connectivity index (χ3v) is 7.83. The van der Waals surface area contributed by atoms with Crippen molar-refractivity contribution in [3.8, 4) is 0 Å². The largest absolute Gasteiger partial charge is 0.298 e. The second-order valence-corrected chi connectivity index (χ2v) is 8.85. The summed E-state index contributed by atoms with van der Waals surface area (Å²) in [6.07, 6.45) is 9.14. The van der Waals surface area contributed by atoms with Gasteiger partial charge in [0.2, 0.25) is 0 Å². The van der Waals surface area contributed by atoms with Crippen molar-refractivity contribution in [2.75, 3.05) is 0 Å². The molecule has 4 rings (SSSR count). The summed E-state index contributed by atoms with van der Waals surface area (Å²) >= 11 is 0. The molecule has 4 fully saturated rings. The molecule has 0 spiro atoms. The molecule has 0 amide bonds. The number of fused-ring (bicyclic) bond motifs is 4. The molecule has 0 aliphatic heterocycles. The molecule has 0 N–H and O–H groups in total. The maximum Gasteiger partial charge on any atom is 0.145 e. The van der Waals surface area contributed by atoms with Crippen molar-refractivity contribution in [1.82, 2.24) is 0 Å². The topological polar surface area (TPSA) is 17.1 Å². The van der Waals surface area contributed by atoms with Crippen molar-refractivity contribution >= 4 is 5.78 Å². The van der Waals surface area contributed by atoms with Crippen molar-refractivity contribution in [3.05, 3.63) is 0 Å². The van der Waals surface area contributed by atoms with Gasteiger partial charge < -0.3 is 0 Å². The van der Waals surface area contributed by atoms with E-state index in [1.807, 2.05) is 0 Å². The fraction of sp³-hybridized carbons (Fsp3) is 0.944. The lowest BCUT2D eigenvalue weighted by Gasteiger charge is -2.43. The van der Waals surface area contributed by atoms with Crippen molar-refractivity contribution in [2.24, 2.45) is 40.4 Å². The predicted octanol–water partition coefficient (Wildman–Crippen LogP) is 4.45. The van der Waals surface area contributed by atoms with Gasteiger partial charge >= 0.3 is 0 Å². The number of hydrogen-bond donors (Lipinski definition) is 0. The highest BCUT2D eigenvalue weighted by molar-refractivity contribution is 5.91. The predicted molar refractivity (Wildman–Crippen MR) is 76.7 cm³/mol. The highest BCUT2D eigenvalue weighted by atomic mass is 16.1. The average molecular weight is 260 g/mol. The van der Waals surface area contributed by atoms with E-state index in [1.165, 1.54) is 44.9 Å². The molecule has 0 heterocycles. The first-order chi connectivity index (χ1) is 8.93. The Morgan fingerprint density at radius 1 is 0.947 bits per heavy atom. The quantitative estimate of drug-likeness (QED) is 0.716. The normalized spacial score (nSPS) is 59.0. The molecular weight excluding hydrogens is 232 g/mol. The Morgan fingerprint density at radius 2 is 1.68 bits per heavy atom. The molecule has 0 radical (unpaired) electrons. The van der Waals surface area contributed by atoms with E-state index in [-0.39, 0.29) is 10.8 Å². The molecule has 4 bridgehead atoms. The number of ketones is 1. The van der Waals surface area contributed by atoms with Gasteiger partial charge in [0.25, 0.3) is 0 Å². The summed E-state index contributed by atoms with van der Waals surface area (Å²) in [6, 6.07) is 0. The van der Waals surface area contributed by atoms with Gasteiger partial charge in [-0.05, 0) is 68.1 Å². The van der Waals surface area contributed by atoms with Gasteiger partial charge in [-0.2, -0.15) is 0 Å². The van der Waals surface area contributed by atoms with Crippen molar-refractivity contribution in [2.45, 2.75) is 65.7 Å². The second-order valence-electron chi connectivity index (χ2n) is 8.85. The molecular formula is C18H28O. The van der Waals surface area contributed by atoms with E-state index < -0.39 is 0 Å². The summed E-state index contributed by atoms with van der Waals surface area (Å²) in [4.78, 5) is 13.4. The summed E-state index contributed by atoms with van der Waals surface area (Å²) in [5.74, 6) is 4.70. The minimum Gasteiger partial charge on any atom is -0.298 e. The monoisotopic (exact) mass is 260 g/mol. The lowest BCUT2D eigenvalue weighted by Crippen LogP contribution is -2.46. The van der Waals surface area contributed by atoms with Crippen LogP contribution in [0.25, 0.3) is 0 Å². The number of Topliss-reactive ketones (excluding diaryl/α,β-unsaturated/α-hetero) is 1. The zero-order valence-corrected chi connectivity index (χ0v) is 12.7. The van der Waals surface area contributed by atoms with Gasteiger partial charge in [-0.25, -0.2) is 0 Å². The lowest BCUT2D eigenvalue weighted by molar-refractivity contribution is -0.144. The van der Waals surface area contributed by atoms with Crippen LogP contribution in [0.5, 0.6) is 0 Å². The van der Waals surface area contributed by atoms with Crippen molar-refractivity contribution < 1.29 is 4.79 Å². The third kappa shape index (κ3) is 1.45. The van der Waals surface area contributed by atoms with Crippen LogP contribution >= 0.6 is 0 Å². The summed E-state index contributed by atoms with van der Waals surface area (Å²) in [5.41, 5.74) is 0.0851. The van der Waals surface area contributed by atoms with Crippen LogP contribution in [0.4, 0.5) is 0 Å². The minimum absolute atomic E-state index is 0.0381. The average Bonchev–Trinajstić information content (AvgIpc) is 3.08. The molecule has 0 aromatic carbocycles. The van der Waals surface area contributed by atoms with Gasteiger partial charge in [-0.3, -0.25) is 4.79 Å². The van der Waals surface area contributed by atoms with Crippen molar-refractivity contribution in [1.29, 1.82) is 0 Å².